The van der Waals surface area contributed by atoms with Crippen LogP contribution in [0.2, 0.25) is 5.02 Å². The van der Waals surface area contributed by atoms with Crippen molar-refractivity contribution in [2.24, 2.45) is 0 Å². The van der Waals surface area contributed by atoms with Gasteiger partial charge in [0.05, 0.1) is 16.4 Å². The quantitative estimate of drug-likeness (QED) is 0.370. The Morgan fingerprint density at radius 1 is 1.00 bits per heavy atom. The predicted molar refractivity (Wildman–Crippen MR) is 104 cm³/mol. The monoisotopic (exact) mass is 370 g/mol. The van der Waals surface area contributed by atoms with Gasteiger partial charge < -0.3 is 20.8 Å². The Labute approximate surface area is 156 Å². The zero-order valence-electron chi connectivity index (χ0n) is 14.0. The number of aliphatic hydroxyl groups excluding tert-OH is 1. The Kier molecular flexibility index (Phi) is 5.88. The summed E-state index contributed by atoms with van der Waals surface area (Å²) in [6, 6.07) is 16.3. The van der Waals surface area contributed by atoms with E-state index >= 15 is 0 Å². The molecule has 0 saturated heterocycles. The molecule has 26 heavy (non-hydrogen) atoms. The van der Waals surface area contributed by atoms with Crippen molar-refractivity contribution in [3.8, 4) is 17.0 Å². The Morgan fingerprint density at radius 2 is 1.81 bits per heavy atom. The fourth-order valence-electron chi connectivity index (χ4n) is 2.37. The van der Waals surface area contributed by atoms with Crippen LogP contribution in [0, 0.1) is 0 Å². The summed E-state index contributed by atoms with van der Waals surface area (Å²) in [6.07, 6.45) is 0.603. The van der Waals surface area contributed by atoms with Gasteiger partial charge in [-0.05, 0) is 18.6 Å². The molecule has 3 rings (SSSR count). The third kappa shape index (κ3) is 4.62. The van der Waals surface area contributed by atoms with Crippen LogP contribution in [-0.4, -0.2) is 33.3 Å². The van der Waals surface area contributed by atoms with E-state index in [1.165, 1.54) is 6.07 Å². The normalized spacial score (nSPS) is 10.5. The number of hydrogen-bond acceptors (Lipinski definition) is 6. The summed E-state index contributed by atoms with van der Waals surface area (Å²) >= 11 is 6.17. The molecule has 0 unspecified atom stereocenters. The highest BCUT2D eigenvalue weighted by atomic mass is 35.5. The zero-order valence-corrected chi connectivity index (χ0v) is 14.7. The van der Waals surface area contributed by atoms with Gasteiger partial charge >= 0.3 is 0 Å². The first-order chi connectivity index (χ1) is 12.7. The molecular weight excluding hydrogens is 352 g/mol. The molecule has 1 heterocycles. The lowest BCUT2D eigenvalue weighted by Gasteiger charge is -2.12. The SMILES string of the molecule is OCCCNc1nc(Nc2ccc(O)cc2Cl)cc(-c2ccccc2)n1. The maximum absolute atomic E-state index is 9.49. The summed E-state index contributed by atoms with van der Waals surface area (Å²) in [7, 11) is 0. The third-order valence-corrected chi connectivity index (χ3v) is 3.94. The van der Waals surface area contributed by atoms with Gasteiger partial charge in [-0.1, -0.05) is 41.9 Å². The van der Waals surface area contributed by atoms with Crippen LogP contribution in [0.25, 0.3) is 11.3 Å². The molecule has 0 amide bonds. The minimum Gasteiger partial charge on any atom is -0.508 e. The van der Waals surface area contributed by atoms with Gasteiger partial charge in [0.1, 0.15) is 11.6 Å². The molecule has 2 aromatic carbocycles. The third-order valence-electron chi connectivity index (χ3n) is 3.63. The summed E-state index contributed by atoms with van der Waals surface area (Å²) in [4.78, 5) is 8.99. The van der Waals surface area contributed by atoms with E-state index in [1.54, 1.807) is 12.1 Å². The number of phenols is 1. The molecule has 4 N–H and O–H groups in total. The fraction of sp³-hybridized carbons (Fsp3) is 0.158. The predicted octanol–water partition coefficient (Wildman–Crippen LogP) is 4.04. The number of rotatable bonds is 7. The highest BCUT2D eigenvalue weighted by Gasteiger charge is 2.09. The minimum absolute atomic E-state index is 0.0968. The summed E-state index contributed by atoms with van der Waals surface area (Å²) < 4.78 is 0. The van der Waals surface area contributed by atoms with Gasteiger partial charge in [0.2, 0.25) is 5.95 Å². The second-order valence-corrected chi connectivity index (χ2v) is 6.03. The van der Waals surface area contributed by atoms with Crippen molar-refractivity contribution in [3.05, 3.63) is 59.6 Å². The number of halogens is 1. The molecule has 0 aliphatic rings. The van der Waals surface area contributed by atoms with E-state index in [9.17, 15) is 5.11 Å². The van der Waals surface area contributed by atoms with Crippen LogP contribution in [0.4, 0.5) is 17.5 Å². The molecule has 0 fully saturated rings. The first-order valence-electron chi connectivity index (χ1n) is 8.20. The van der Waals surface area contributed by atoms with E-state index in [4.69, 9.17) is 16.7 Å². The number of aliphatic hydroxyl groups is 1. The number of hydrogen-bond donors (Lipinski definition) is 4. The summed E-state index contributed by atoms with van der Waals surface area (Å²) in [6.45, 7) is 0.660. The number of nitrogens with zero attached hydrogens (tertiary/aromatic N) is 2. The maximum atomic E-state index is 9.49. The molecule has 0 aliphatic heterocycles. The molecule has 134 valence electrons. The summed E-state index contributed by atoms with van der Waals surface area (Å²) in [5, 5.41) is 25.1. The Hall–Kier alpha value is -2.83. The maximum Gasteiger partial charge on any atom is 0.225 e. The van der Waals surface area contributed by atoms with Crippen LogP contribution >= 0.6 is 11.6 Å². The molecule has 0 aliphatic carbocycles. The van der Waals surface area contributed by atoms with Crippen LogP contribution in [-0.2, 0) is 0 Å². The number of aromatic nitrogens is 2. The van der Waals surface area contributed by atoms with Crippen molar-refractivity contribution in [2.45, 2.75) is 6.42 Å². The van der Waals surface area contributed by atoms with Crippen LogP contribution in [0.15, 0.2) is 54.6 Å². The Morgan fingerprint density at radius 3 is 2.54 bits per heavy atom. The molecule has 0 bridgehead atoms. The summed E-state index contributed by atoms with van der Waals surface area (Å²) in [5.74, 6) is 1.12. The zero-order chi connectivity index (χ0) is 18.4. The highest BCUT2D eigenvalue weighted by Crippen LogP contribution is 2.30. The van der Waals surface area contributed by atoms with E-state index < -0.39 is 0 Å². The molecule has 1 aromatic heterocycles. The van der Waals surface area contributed by atoms with E-state index in [0.29, 0.717) is 35.4 Å². The molecule has 7 heteroatoms. The van der Waals surface area contributed by atoms with Crippen LogP contribution in [0.1, 0.15) is 6.42 Å². The Bertz CT molecular complexity index is 875. The first kappa shape index (κ1) is 18.0. The van der Waals surface area contributed by atoms with E-state index in [0.717, 1.165) is 11.3 Å². The van der Waals surface area contributed by atoms with Gasteiger partial charge in [-0.25, -0.2) is 4.98 Å². The lowest BCUT2D eigenvalue weighted by atomic mass is 10.1. The van der Waals surface area contributed by atoms with Crippen molar-refractivity contribution in [1.82, 2.24) is 9.97 Å². The van der Waals surface area contributed by atoms with E-state index in [1.807, 2.05) is 36.4 Å². The van der Waals surface area contributed by atoms with E-state index in [2.05, 4.69) is 20.6 Å². The minimum atomic E-state index is 0.0968. The topological polar surface area (TPSA) is 90.3 Å². The van der Waals surface area contributed by atoms with Crippen molar-refractivity contribution in [3.63, 3.8) is 0 Å². The van der Waals surface area contributed by atoms with Crippen LogP contribution < -0.4 is 10.6 Å². The van der Waals surface area contributed by atoms with Gasteiger partial charge in [0.25, 0.3) is 0 Å². The molecule has 0 saturated carbocycles. The van der Waals surface area contributed by atoms with Gasteiger partial charge in [-0.2, -0.15) is 4.98 Å². The van der Waals surface area contributed by atoms with Crippen molar-refractivity contribution in [1.29, 1.82) is 0 Å². The molecular formula is C19H19ClN4O2. The van der Waals surface area contributed by atoms with Crippen LogP contribution in [0.3, 0.4) is 0 Å². The van der Waals surface area contributed by atoms with Gasteiger partial charge in [0, 0.05) is 30.8 Å². The Balaban J connectivity index is 1.93. The first-order valence-corrected chi connectivity index (χ1v) is 8.58. The lowest BCUT2D eigenvalue weighted by Crippen LogP contribution is -2.08. The number of phenolic OH excluding ortho intramolecular Hbond substituents is 1. The van der Waals surface area contributed by atoms with Gasteiger partial charge in [-0.3, -0.25) is 0 Å². The molecule has 6 nitrogen and oxygen atoms in total. The van der Waals surface area contributed by atoms with Crippen LogP contribution in [0.5, 0.6) is 5.75 Å². The average Bonchev–Trinajstić information content (AvgIpc) is 2.65. The van der Waals surface area contributed by atoms with Gasteiger partial charge in [-0.15, -0.1) is 0 Å². The van der Waals surface area contributed by atoms with E-state index in [-0.39, 0.29) is 12.4 Å². The average molecular weight is 371 g/mol. The number of anilines is 3. The smallest absolute Gasteiger partial charge is 0.225 e. The molecule has 0 radical (unpaired) electrons. The number of aromatic hydroxyl groups is 1. The summed E-state index contributed by atoms with van der Waals surface area (Å²) in [5.41, 5.74) is 2.34. The number of benzene rings is 2. The van der Waals surface area contributed by atoms with Crippen molar-refractivity contribution < 1.29 is 10.2 Å². The second-order valence-electron chi connectivity index (χ2n) is 5.62. The second kappa shape index (κ2) is 8.51. The highest BCUT2D eigenvalue weighted by molar-refractivity contribution is 6.33. The fourth-order valence-corrected chi connectivity index (χ4v) is 2.59. The number of nitrogens with one attached hydrogen (secondary N) is 2. The standard InChI is InChI=1S/C19H19ClN4O2/c20-15-11-14(26)7-8-16(15)22-18-12-17(13-5-2-1-3-6-13)23-19(24-18)21-9-4-10-25/h1-3,5-8,11-12,25-26H,4,9-10H2,(H2,21,22,23,24). The van der Waals surface area contributed by atoms with Gasteiger partial charge in [0.15, 0.2) is 0 Å². The van der Waals surface area contributed by atoms with Crippen molar-refractivity contribution >= 4 is 29.1 Å². The lowest BCUT2D eigenvalue weighted by molar-refractivity contribution is 0.292. The molecule has 3 aromatic rings. The molecule has 0 atom stereocenters. The largest absolute Gasteiger partial charge is 0.508 e. The molecule has 0 spiro atoms. The van der Waals surface area contributed by atoms with Crippen molar-refractivity contribution in [2.75, 3.05) is 23.8 Å².